The number of benzene rings is 2. The summed E-state index contributed by atoms with van der Waals surface area (Å²) in [6.07, 6.45) is 1.43. The molecular weight excluding hydrogens is 402 g/mol. The summed E-state index contributed by atoms with van der Waals surface area (Å²) < 4.78 is 33.6. The SMILES string of the molecule is Cc1cc(Nc2ncn(-c3cc(F)cc(F)c3)n2)cc(N2CCN(C3COC3)CC2)c1.[HH]. The van der Waals surface area contributed by atoms with Crippen LogP contribution in [0.2, 0.25) is 0 Å². The van der Waals surface area contributed by atoms with Crippen LogP contribution in [0.15, 0.2) is 42.7 Å². The number of nitrogens with zero attached hydrogens (tertiary/aromatic N) is 5. The van der Waals surface area contributed by atoms with E-state index >= 15 is 0 Å². The van der Waals surface area contributed by atoms with E-state index in [1.54, 1.807) is 0 Å². The number of halogens is 2. The quantitative estimate of drug-likeness (QED) is 0.673. The molecule has 2 aromatic carbocycles. The summed E-state index contributed by atoms with van der Waals surface area (Å²) in [5.41, 5.74) is 3.42. The minimum absolute atomic E-state index is 0. The fraction of sp³-hybridized carbons (Fsp3) is 0.364. The number of nitrogens with one attached hydrogen (secondary N) is 1. The van der Waals surface area contributed by atoms with Crippen molar-refractivity contribution in [1.29, 1.82) is 0 Å². The van der Waals surface area contributed by atoms with Crippen LogP contribution in [0.1, 0.15) is 6.99 Å². The fourth-order valence-corrected chi connectivity index (χ4v) is 4.04. The zero-order chi connectivity index (χ0) is 21.4. The van der Waals surface area contributed by atoms with E-state index in [9.17, 15) is 8.78 Å². The standard InChI is InChI=1S/C22H24F2N6O.H2/c1-15-6-18(11-19(7-15)28-2-4-29(5-3-28)21-12-31-13-21)26-22-25-14-30(27-22)20-9-16(23)8-17(24)10-20;/h6-11,14,21H,2-5,12-13H2,1H3,(H,26,27);1H. The van der Waals surface area contributed by atoms with Gasteiger partial charge in [0, 0.05) is 45.0 Å². The molecule has 2 aliphatic rings. The first kappa shape index (κ1) is 19.9. The topological polar surface area (TPSA) is 58.5 Å². The molecule has 0 saturated carbocycles. The van der Waals surface area contributed by atoms with Crippen LogP contribution < -0.4 is 10.2 Å². The molecule has 9 heteroatoms. The highest BCUT2D eigenvalue weighted by molar-refractivity contribution is 5.64. The molecular formula is C22H26F2N6O. The lowest BCUT2D eigenvalue weighted by Crippen LogP contribution is -2.56. The molecule has 2 aliphatic heterocycles. The molecule has 7 nitrogen and oxygen atoms in total. The van der Waals surface area contributed by atoms with Crippen LogP contribution in [0.4, 0.5) is 26.1 Å². The molecule has 2 saturated heterocycles. The second kappa shape index (κ2) is 8.24. The van der Waals surface area contributed by atoms with Gasteiger partial charge in [-0.1, -0.05) is 0 Å². The molecule has 2 fully saturated rings. The van der Waals surface area contributed by atoms with Crippen LogP contribution in [0.3, 0.4) is 0 Å². The van der Waals surface area contributed by atoms with Crippen LogP contribution in [0, 0.1) is 18.6 Å². The van der Waals surface area contributed by atoms with Crippen molar-refractivity contribution in [1.82, 2.24) is 19.7 Å². The van der Waals surface area contributed by atoms with Crippen molar-refractivity contribution in [2.24, 2.45) is 0 Å². The molecule has 3 heterocycles. The minimum atomic E-state index is -0.659. The number of aryl methyl sites for hydroxylation is 1. The van der Waals surface area contributed by atoms with Crippen molar-refractivity contribution in [3.8, 4) is 5.69 Å². The average molecular weight is 428 g/mol. The Morgan fingerprint density at radius 2 is 1.71 bits per heavy atom. The molecule has 1 N–H and O–H groups in total. The van der Waals surface area contributed by atoms with Gasteiger partial charge in [0.15, 0.2) is 0 Å². The van der Waals surface area contributed by atoms with E-state index in [0.29, 0.717) is 12.0 Å². The summed E-state index contributed by atoms with van der Waals surface area (Å²) in [5.74, 6) is -0.961. The maximum absolute atomic E-state index is 13.5. The van der Waals surface area contributed by atoms with Gasteiger partial charge in [-0.2, -0.15) is 4.98 Å². The van der Waals surface area contributed by atoms with Gasteiger partial charge in [0.1, 0.15) is 18.0 Å². The molecule has 5 rings (SSSR count). The zero-order valence-corrected chi connectivity index (χ0v) is 17.3. The van der Waals surface area contributed by atoms with E-state index in [-0.39, 0.29) is 7.11 Å². The predicted octanol–water partition coefficient (Wildman–Crippen LogP) is 3.36. The van der Waals surface area contributed by atoms with Gasteiger partial charge in [0.2, 0.25) is 5.95 Å². The third-order valence-electron chi connectivity index (χ3n) is 5.74. The Morgan fingerprint density at radius 3 is 2.39 bits per heavy atom. The second-order valence-corrected chi connectivity index (χ2v) is 8.04. The Bertz CT molecular complexity index is 1060. The van der Waals surface area contributed by atoms with E-state index in [0.717, 1.165) is 62.4 Å². The van der Waals surface area contributed by atoms with Gasteiger partial charge in [-0.25, -0.2) is 13.5 Å². The number of aromatic nitrogens is 3. The number of piperazine rings is 1. The van der Waals surface area contributed by atoms with Crippen molar-refractivity contribution < 1.29 is 14.9 Å². The molecule has 0 spiro atoms. The van der Waals surface area contributed by atoms with Crippen LogP contribution in [0.25, 0.3) is 5.69 Å². The summed E-state index contributed by atoms with van der Waals surface area (Å²) in [4.78, 5) is 9.11. The number of ether oxygens (including phenoxy) is 1. The Kier molecular flexibility index (Phi) is 5.29. The van der Waals surface area contributed by atoms with Gasteiger partial charge in [-0.15, -0.1) is 5.10 Å². The van der Waals surface area contributed by atoms with Gasteiger partial charge in [0.05, 0.1) is 24.9 Å². The first-order chi connectivity index (χ1) is 15.0. The second-order valence-electron chi connectivity index (χ2n) is 8.04. The molecule has 0 aliphatic carbocycles. The van der Waals surface area contributed by atoms with E-state index < -0.39 is 11.6 Å². The monoisotopic (exact) mass is 428 g/mol. The highest BCUT2D eigenvalue weighted by Crippen LogP contribution is 2.26. The summed E-state index contributed by atoms with van der Waals surface area (Å²) in [6.45, 7) is 7.75. The number of rotatable bonds is 5. The van der Waals surface area contributed by atoms with Crippen molar-refractivity contribution in [3.05, 3.63) is 59.9 Å². The highest BCUT2D eigenvalue weighted by atomic mass is 19.1. The number of hydrogen-bond donors (Lipinski definition) is 1. The fourth-order valence-electron chi connectivity index (χ4n) is 4.04. The van der Waals surface area contributed by atoms with E-state index in [4.69, 9.17) is 4.74 Å². The molecule has 0 atom stereocenters. The Labute approximate surface area is 180 Å². The largest absolute Gasteiger partial charge is 0.378 e. The Balaban J connectivity index is 0.00000245. The maximum atomic E-state index is 13.5. The van der Waals surface area contributed by atoms with Gasteiger partial charge in [-0.3, -0.25) is 4.90 Å². The van der Waals surface area contributed by atoms with E-state index in [1.165, 1.54) is 23.1 Å². The molecule has 0 radical (unpaired) electrons. The summed E-state index contributed by atoms with van der Waals surface area (Å²) in [6, 6.07) is 10.1. The average Bonchev–Trinajstić information content (AvgIpc) is 3.14. The lowest BCUT2D eigenvalue weighted by molar-refractivity contribution is -0.0660. The summed E-state index contributed by atoms with van der Waals surface area (Å²) >= 11 is 0. The van der Waals surface area contributed by atoms with Crippen LogP contribution >= 0.6 is 0 Å². The van der Waals surface area contributed by atoms with Gasteiger partial charge in [0.25, 0.3) is 0 Å². The predicted molar refractivity (Wildman–Crippen MR) is 116 cm³/mol. The van der Waals surface area contributed by atoms with Crippen molar-refractivity contribution in [3.63, 3.8) is 0 Å². The molecule has 3 aromatic rings. The van der Waals surface area contributed by atoms with E-state index in [1.807, 2.05) is 6.07 Å². The lowest BCUT2D eigenvalue weighted by Gasteiger charge is -2.43. The van der Waals surface area contributed by atoms with Gasteiger partial charge < -0.3 is 15.0 Å². The normalized spacial score (nSPS) is 17.6. The summed E-state index contributed by atoms with van der Waals surface area (Å²) in [7, 11) is 0. The third-order valence-corrected chi connectivity index (χ3v) is 5.74. The first-order valence-electron chi connectivity index (χ1n) is 10.4. The molecule has 1 aromatic heterocycles. The third kappa shape index (κ3) is 4.38. The van der Waals surface area contributed by atoms with Gasteiger partial charge >= 0.3 is 0 Å². The van der Waals surface area contributed by atoms with Crippen molar-refractivity contribution in [2.75, 3.05) is 49.6 Å². The van der Waals surface area contributed by atoms with Crippen LogP contribution in [-0.4, -0.2) is 65.1 Å². The lowest BCUT2D eigenvalue weighted by atomic mass is 10.1. The van der Waals surface area contributed by atoms with Crippen molar-refractivity contribution in [2.45, 2.75) is 13.0 Å². The highest BCUT2D eigenvalue weighted by Gasteiger charge is 2.29. The zero-order valence-electron chi connectivity index (χ0n) is 17.3. The minimum Gasteiger partial charge on any atom is -0.378 e. The van der Waals surface area contributed by atoms with E-state index in [2.05, 4.69) is 44.3 Å². The molecule has 0 unspecified atom stereocenters. The molecule has 164 valence electrons. The molecule has 0 bridgehead atoms. The van der Waals surface area contributed by atoms with Crippen LogP contribution in [0.5, 0.6) is 0 Å². The van der Waals surface area contributed by atoms with Crippen LogP contribution in [-0.2, 0) is 4.74 Å². The first-order valence-corrected chi connectivity index (χ1v) is 10.4. The smallest absolute Gasteiger partial charge is 0.246 e. The Morgan fingerprint density at radius 1 is 0.968 bits per heavy atom. The summed E-state index contributed by atoms with van der Waals surface area (Å²) in [5, 5.41) is 7.51. The molecule has 0 amide bonds. The van der Waals surface area contributed by atoms with Crippen molar-refractivity contribution >= 4 is 17.3 Å². The molecule has 31 heavy (non-hydrogen) atoms. The maximum Gasteiger partial charge on any atom is 0.246 e. The number of hydrogen-bond acceptors (Lipinski definition) is 6. The Hall–Kier alpha value is -3.04. The van der Waals surface area contributed by atoms with Gasteiger partial charge in [-0.05, 0) is 42.8 Å². The number of anilines is 3.